The number of hydrogen-bond donors (Lipinski definition) is 3. The van der Waals surface area contributed by atoms with E-state index in [4.69, 9.17) is 16.3 Å². The molecule has 6 aromatic carbocycles. The second-order valence-electron chi connectivity index (χ2n) is 11.4. The molecule has 242 valence electrons. The van der Waals surface area contributed by atoms with Gasteiger partial charge in [-0.1, -0.05) is 84.4 Å². The van der Waals surface area contributed by atoms with Crippen molar-refractivity contribution in [2.24, 2.45) is 0 Å². The number of benzene rings is 6. The first-order valence-electron chi connectivity index (χ1n) is 15.2. The summed E-state index contributed by atoms with van der Waals surface area (Å²) in [6, 6.07) is 35.8. The molecule has 8 heteroatoms. The van der Waals surface area contributed by atoms with Crippen molar-refractivity contribution in [2.45, 2.75) is 6.92 Å². The molecule has 0 unspecified atom stereocenters. The van der Waals surface area contributed by atoms with E-state index in [1.807, 2.05) is 84.9 Å². The predicted octanol–water partition coefficient (Wildman–Crippen LogP) is 10.1. The van der Waals surface area contributed by atoms with Gasteiger partial charge in [0, 0.05) is 11.1 Å². The van der Waals surface area contributed by atoms with Crippen LogP contribution in [0.15, 0.2) is 121 Å². The van der Waals surface area contributed by atoms with Crippen LogP contribution in [0, 0.1) is 6.92 Å². The fourth-order valence-electron chi connectivity index (χ4n) is 6.02. The summed E-state index contributed by atoms with van der Waals surface area (Å²) in [5.74, 6) is -2.79. The molecule has 0 heterocycles. The first-order chi connectivity index (χ1) is 23.5. The SMILES string of the molecule is COc1c(-c2ccccc2)cc(C(=O)O)cc1-c1cccc(-c2cc(-c3cccc(-c4ccc(Cl)c(C(=O)O)c4)c3)cc(C(=O)O)c2C)c1. The molecule has 7 nitrogen and oxygen atoms in total. The predicted molar refractivity (Wildman–Crippen MR) is 191 cm³/mol. The molecule has 6 rings (SSSR count). The fraction of sp³-hybridized carbons (Fsp3) is 0.0488. The molecule has 0 radical (unpaired) electrons. The average Bonchev–Trinajstić information content (AvgIpc) is 3.11. The second-order valence-corrected chi connectivity index (χ2v) is 11.8. The highest BCUT2D eigenvalue weighted by Crippen LogP contribution is 2.42. The Bertz CT molecular complexity index is 2280. The van der Waals surface area contributed by atoms with Gasteiger partial charge in [-0.3, -0.25) is 0 Å². The Labute approximate surface area is 287 Å². The summed E-state index contributed by atoms with van der Waals surface area (Å²) < 4.78 is 5.88. The first kappa shape index (κ1) is 32.7. The van der Waals surface area contributed by atoms with Crippen LogP contribution in [-0.2, 0) is 0 Å². The lowest BCUT2D eigenvalue weighted by atomic mass is 9.88. The number of hydrogen-bond acceptors (Lipinski definition) is 4. The smallest absolute Gasteiger partial charge is 0.337 e. The molecule has 0 aliphatic carbocycles. The van der Waals surface area contributed by atoms with Crippen LogP contribution in [0.3, 0.4) is 0 Å². The maximum atomic E-state index is 12.5. The molecule has 0 spiro atoms. The molecule has 3 N–H and O–H groups in total. The van der Waals surface area contributed by atoms with Gasteiger partial charge in [-0.25, -0.2) is 14.4 Å². The number of halogens is 1. The molecule has 0 aliphatic heterocycles. The molecule has 0 saturated carbocycles. The molecule has 0 saturated heterocycles. The van der Waals surface area contributed by atoms with Crippen LogP contribution in [0.25, 0.3) is 55.6 Å². The summed E-state index contributed by atoms with van der Waals surface area (Å²) in [4.78, 5) is 36.4. The van der Waals surface area contributed by atoms with Gasteiger partial charge in [0.1, 0.15) is 5.75 Å². The van der Waals surface area contributed by atoms with Gasteiger partial charge in [-0.2, -0.15) is 0 Å². The number of ether oxygens (including phenoxy) is 1. The molecule has 49 heavy (non-hydrogen) atoms. The largest absolute Gasteiger partial charge is 0.495 e. The third-order valence-corrected chi connectivity index (χ3v) is 8.80. The Morgan fingerprint density at radius 3 is 1.63 bits per heavy atom. The first-order valence-corrected chi connectivity index (χ1v) is 15.6. The lowest BCUT2D eigenvalue weighted by Gasteiger charge is -2.17. The number of rotatable bonds is 9. The average molecular weight is 669 g/mol. The van der Waals surface area contributed by atoms with E-state index in [-0.39, 0.29) is 21.7 Å². The number of methoxy groups -OCH3 is 1. The zero-order valence-electron chi connectivity index (χ0n) is 26.4. The van der Waals surface area contributed by atoms with Gasteiger partial charge < -0.3 is 20.1 Å². The van der Waals surface area contributed by atoms with Gasteiger partial charge in [-0.05, 0) is 106 Å². The minimum Gasteiger partial charge on any atom is -0.495 e. The maximum absolute atomic E-state index is 12.5. The summed E-state index contributed by atoms with van der Waals surface area (Å²) in [7, 11) is 1.54. The lowest BCUT2D eigenvalue weighted by Crippen LogP contribution is -2.03. The number of carboxylic acid groups (broad SMARTS) is 3. The van der Waals surface area contributed by atoms with Gasteiger partial charge in [-0.15, -0.1) is 0 Å². The molecular formula is C41H29ClO7. The van der Waals surface area contributed by atoms with Crippen LogP contribution < -0.4 is 4.74 Å². The van der Waals surface area contributed by atoms with Crippen LogP contribution in [0.4, 0.5) is 0 Å². The maximum Gasteiger partial charge on any atom is 0.337 e. The Morgan fingerprint density at radius 2 is 1.02 bits per heavy atom. The Balaban J connectivity index is 1.50. The van der Waals surface area contributed by atoms with Crippen molar-refractivity contribution in [2.75, 3.05) is 7.11 Å². The standard InChI is InChI=1S/C41H29ClO7/c1-23-32(19-30(20-33(23)40(45)46)26-11-6-10-25(16-26)27-14-15-37(42)36(18-27)41(47)48)28-12-7-13-29(17-28)35-22-31(39(43)44)21-34(38(35)49-2)24-8-4-3-5-9-24/h3-22H,1-2H3,(H,43,44)(H,45,46)(H,47,48). The summed E-state index contributed by atoms with van der Waals surface area (Å²) >= 11 is 6.10. The number of carboxylic acids is 3. The Hall–Kier alpha value is -6.18. The molecule has 0 fully saturated rings. The summed E-state index contributed by atoms with van der Waals surface area (Å²) in [5, 5.41) is 29.9. The minimum atomic E-state index is -1.14. The van der Waals surface area contributed by atoms with E-state index < -0.39 is 17.9 Å². The van der Waals surface area contributed by atoms with Crippen molar-refractivity contribution < 1.29 is 34.4 Å². The van der Waals surface area contributed by atoms with E-state index in [0.717, 1.165) is 22.3 Å². The quantitative estimate of drug-likeness (QED) is 0.140. The van der Waals surface area contributed by atoms with Crippen LogP contribution in [0.1, 0.15) is 36.6 Å². The van der Waals surface area contributed by atoms with Crippen molar-refractivity contribution in [3.05, 3.63) is 149 Å². The van der Waals surface area contributed by atoms with Gasteiger partial charge >= 0.3 is 17.9 Å². The number of aromatic carboxylic acids is 3. The monoisotopic (exact) mass is 668 g/mol. The van der Waals surface area contributed by atoms with Gasteiger partial charge in [0.25, 0.3) is 0 Å². The summed E-state index contributed by atoms with van der Waals surface area (Å²) in [5.41, 5.74) is 7.63. The normalized spacial score (nSPS) is 10.8. The van der Waals surface area contributed by atoms with Crippen LogP contribution in [0.5, 0.6) is 5.75 Å². The van der Waals surface area contributed by atoms with Crippen molar-refractivity contribution in [3.8, 4) is 61.4 Å². The van der Waals surface area contributed by atoms with Gasteiger partial charge in [0.05, 0.1) is 28.8 Å². The highest BCUT2D eigenvalue weighted by atomic mass is 35.5. The van der Waals surface area contributed by atoms with Crippen LogP contribution in [-0.4, -0.2) is 40.3 Å². The van der Waals surface area contributed by atoms with Crippen molar-refractivity contribution in [3.63, 3.8) is 0 Å². The van der Waals surface area contributed by atoms with E-state index in [9.17, 15) is 29.7 Å². The van der Waals surface area contributed by atoms with Gasteiger partial charge in [0.2, 0.25) is 0 Å². The molecule has 0 atom stereocenters. The van der Waals surface area contributed by atoms with E-state index >= 15 is 0 Å². The topological polar surface area (TPSA) is 121 Å². The highest BCUT2D eigenvalue weighted by molar-refractivity contribution is 6.33. The fourth-order valence-corrected chi connectivity index (χ4v) is 6.22. The van der Waals surface area contributed by atoms with E-state index in [1.54, 1.807) is 38.3 Å². The molecular weight excluding hydrogens is 640 g/mol. The molecule has 0 bridgehead atoms. The summed E-state index contributed by atoms with van der Waals surface area (Å²) in [6.45, 7) is 1.76. The summed E-state index contributed by atoms with van der Waals surface area (Å²) in [6.07, 6.45) is 0. The molecule has 0 aliphatic rings. The highest BCUT2D eigenvalue weighted by Gasteiger charge is 2.20. The zero-order chi connectivity index (χ0) is 34.8. The van der Waals surface area contributed by atoms with E-state index in [0.29, 0.717) is 44.7 Å². The van der Waals surface area contributed by atoms with Crippen molar-refractivity contribution >= 4 is 29.5 Å². The van der Waals surface area contributed by atoms with E-state index in [1.165, 1.54) is 12.1 Å². The van der Waals surface area contributed by atoms with Crippen LogP contribution in [0.2, 0.25) is 5.02 Å². The lowest BCUT2D eigenvalue weighted by molar-refractivity contribution is 0.0685. The van der Waals surface area contributed by atoms with Gasteiger partial charge in [0.15, 0.2) is 0 Å². The van der Waals surface area contributed by atoms with Crippen molar-refractivity contribution in [1.82, 2.24) is 0 Å². The van der Waals surface area contributed by atoms with E-state index in [2.05, 4.69) is 0 Å². The Kier molecular flexibility index (Phi) is 9.03. The van der Waals surface area contributed by atoms with Crippen LogP contribution >= 0.6 is 11.6 Å². The number of carbonyl (C=O) groups is 3. The van der Waals surface area contributed by atoms with Crippen molar-refractivity contribution in [1.29, 1.82) is 0 Å². The molecule has 0 amide bonds. The zero-order valence-corrected chi connectivity index (χ0v) is 27.2. The second kappa shape index (κ2) is 13.5. The minimum absolute atomic E-state index is 0.0170. The Morgan fingerprint density at radius 1 is 0.510 bits per heavy atom. The molecule has 0 aromatic heterocycles. The third kappa shape index (κ3) is 6.52. The molecule has 6 aromatic rings. The third-order valence-electron chi connectivity index (χ3n) is 8.47.